The third-order valence-electron chi connectivity index (χ3n) is 3.25. The summed E-state index contributed by atoms with van der Waals surface area (Å²) in [5.74, 6) is -4.51. The molecule has 0 aliphatic carbocycles. The normalized spacial score (nSPS) is 13.1. The number of ether oxygens (including phenoxy) is 1. The van der Waals surface area contributed by atoms with Gasteiger partial charge in [0.2, 0.25) is 0 Å². The van der Waals surface area contributed by atoms with Crippen LogP contribution in [0.2, 0.25) is 0 Å². The molecule has 0 atom stereocenters. The zero-order valence-electron chi connectivity index (χ0n) is 10.2. The molecular formula is C14H6O7. The molecule has 21 heavy (non-hydrogen) atoms. The molecule has 2 aromatic carbocycles. The molecule has 3 rings (SSSR count). The monoisotopic (exact) mass is 286 g/mol. The largest absolute Gasteiger partial charge is 0.478 e. The predicted molar refractivity (Wildman–Crippen MR) is 67.6 cm³/mol. The highest BCUT2D eigenvalue weighted by atomic mass is 16.6. The molecule has 0 saturated carbocycles. The summed E-state index contributed by atoms with van der Waals surface area (Å²) in [7, 11) is 0. The first-order valence-electron chi connectivity index (χ1n) is 5.74. The summed E-state index contributed by atoms with van der Waals surface area (Å²) in [5.41, 5.74) is -0.841. The predicted octanol–water partition coefficient (Wildman–Crippen LogP) is 1.55. The van der Waals surface area contributed by atoms with Crippen LogP contribution in [0, 0.1) is 0 Å². The topological polar surface area (TPSA) is 118 Å². The summed E-state index contributed by atoms with van der Waals surface area (Å²) in [5, 5.41) is 18.5. The molecule has 1 heterocycles. The van der Waals surface area contributed by atoms with Crippen molar-refractivity contribution in [3.8, 4) is 0 Å². The van der Waals surface area contributed by atoms with Crippen molar-refractivity contribution in [1.29, 1.82) is 0 Å². The Morgan fingerprint density at radius 3 is 2.14 bits per heavy atom. The maximum absolute atomic E-state index is 11.7. The van der Waals surface area contributed by atoms with Crippen LogP contribution < -0.4 is 0 Å². The first-order chi connectivity index (χ1) is 9.91. The number of hydrogen-bond acceptors (Lipinski definition) is 5. The number of carbonyl (C=O) groups excluding carboxylic acids is 2. The minimum atomic E-state index is -1.43. The highest BCUT2D eigenvalue weighted by molar-refractivity contribution is 6.23. The number of benzene rings is 2. The number of esters is 2. The van der Waals surface area contributed by atoms with Crippen molar-refractivity contribution >= 4 is 34.6 Å². The molecule has 0 fully saturated rings. The molecule has 0 amide bonds. The average Bonchev–Trinajstić information content (AvgIpc) is 2.72. The fourth-order valence-electron chi connectivity index (χ4n) is 2.39. The van der Waals surface area contributed by atoms with Crippen molar-refractivity contribution in [3.05, 3.63) is 46.5 Å². The Balaban J connectivity index is 2.47. The fraction of sp³-hybridized carbons (Fsp3) is 0. The van der Waals surface area contributed by atoms with Crippen LogP contribution in [0.1, 0.15) is 41.4 Å². The summed E-state index contributed by atoms with van der Waals surface area (Å²) >= 11 is 0. The maximum Gasteiger partial charge on any atom is 0.347 e. The second-order valence-corrected chi connectivity index (χ2v) is 4.36. The van der Waals surface area contributed by atoms with E-state index in [9.17, 15) is 24.3 Å². The van der Waals surface area contributed by atoms with Gasteiger partial charge in [-0.05, 0) is 22.9 Å². The van der Waals surface area contributed by atoms with Gasteiger partial charge in [0.25, 0.3) is 0 Å². The lowest BCUT2D eigenvalue weighted by atomic mass is 9.94. The van der Waals surface area contributed by atoms with Gasteiger partial charge in [-0.25, -0.2) is 19.2 Å². The Labute approximate surface area is 116 Å². The van der Waals surface area contributed by atoms with E-state index in [1.165, 1.54) is 18.2 Å². The molecule has 0 aromatic heterocycles. The molecule has 1 aliphatic rings. The Morgan fingerprint density at radius 1 is 0.857 bits per heavy atom. The Hall–Kier alpha value is -3.22. The van der Waals surface area contributed by atoms with E-state index >= 15 is 0 Å². The van der Waals surface area contributed by atoms with Crippen molar-refractivity contribution in [2.75, 3.05) is 0 Å². The summed E-state index contributed by atoms with van der Waals surface area (Å²) < 4.78 is 4.48. The van der Waals surface area contributed by atoms with E-state index in [1.54, 1.807) is 0 Å². The van der Waals surface area contributed by atoms with Crippen LogP contribution in [0.25, 0.3) is 10.8 Å². The SMILES string of the molecule is O=C(O)c1ccc2c3c(ccc2c1C(=O)O)C(=O)OC3=O. The molecule has 2 N–H and O–H groups in total. The smallest absolute Gasteiger partial charge is 0.347 e. The van der Waals surface area contributed by atoms with Gasteiger partial charge in [-0.1, -0.05) is 12.1 Å². The fourth-order valence-corrected chi connectivity index (χ4v) is 2.39. The molecule has 2 aromatic rings. The van der Waals surface area contributed by atoms with Crippen LogP contribution in [0.15, 0.2) is 24.3 Å². The molecule has 0 saturated heterocycles. The molecule has 1 aliphatic heterocycles. The van der Waals surface area contributed by atoms with E-state index in [4.69, 9.17) is 5.11 Å². The number of fused-ring (bicyclic) bond motifs is 3. The van der Waals surface area contributed by atoms with E-state index in [0.29, 0.717) is 0 Å². The molecule has 0 bridgehead atoms. The number of aromatic carboxylic acids is 2. The van der Waals surface area contributed by atoms with Gasteiger partial charge in [-0.15, -0.1) is 0 Å². The van der Waals surface area contributed by atoms with E-state index < -0.39 is 35.0 Å². The van der Waals surface area contributed by atoms with Gasteiger partial charge in [0.1, 0.15) is 0 Å². The van der Waals surface area contributed by atoms with Gasteiger partial charge in [-0.3, -0.25) is 0 Å². The van der Waals surface area contributed by atoms with Crippen LogP contribution in [0.3, 0.4) is 0 Å². The standard InChI is InChI=1S/C14H6O7/c15-11(16)7-3-1-6-5(9(7)12(17)18)2-4-8-10(6)14(20)21-13(8)19/h1-4H,(H,15,16)(H,17,18). The first-order valence-corrected chi connectivity index (χ1v) is 5.74. The zero-order chi connectivity index (χ0) is 15.3. The summed E-state index contributed by atoms with van der Waals surface area (Å²) in [4.78, 5) is 45.6. The third kappa shape index (κ3) is 1.68. The Kier molecular flexibility index (Phi) is 2.52. The quantitative estimate of drug-likeness (QED) is 0.635. The Bertz CT molecular complexity index is 863. The highest BCUT2D eigenvalue weighted by Crippen LogP contribution is 2.32. The molecule has 7 heteroatoms. The number of carbonyl (C=O) groups is 4. The van der Waals surface area contributed by atoms with Gasteiger partial charge in [0.05, 0.1) is 22.3 Å². The number of hydrogen-bond donors (Lipinski definition) is 2. The number of carboxylic acid groups (broad SMARTS) is 2. The summed E-state index contributed by atoms with van der Waals surface area (Å²) in [6, 6.07) is 4.93. The van der Waals surface area contributed by atoms with Gasteiger partial charge in [0.15, 0.2) is 0 Å². The lowest BCUT2D eigenvalue weighted by molar-refractivity contribution is 0.0443. The second kappa shape index (κ2) is 4.14. The summed E-state index contributed by atoms with van der Waals surface area (Å²) in [6.07, 6.45) is 0. The number of cyclic esters (lactones) is 2. The van der Waals surface area contributed by atoms with Gasteiger partial charge >= 0.3 is 23.9 Å². The third-order valence-corrected chi connectivity index (χ3v) is 3.25. The molecule has 0 spiro atoms. The number of rotatable bonds is 2. The molecular weight excluding hydrogens is 280 g/mol. The maximum atomic E-state index is 11.7. The lowest BCUT2D eigenvalue weighted by Crippen LogP contribution is -2.09. The van der Waals surface area contributed by atoms with E-state index in [0.717, 1.165) is 6.07 Å². The minimum Gasteiger partial charge on any atom is -0.478 e. The lowest BCUT2D eigenvalue weighted by Gasteiger charge is -2.08. The van der Waals surface area contributed by atoms with Crippen LogP contribution in [-0.4, -0.2) is 34.1 Å². The molecule has 104 valence electrons. The van der Waals surface area contributed by atoms with Crippen molar-refractivity contribution in [1.82, 2.24) is 0 Å². The van der Waals surface area contributed by atoms with Gasteiger partial charge in [-0.2, -0.15) is 0 Å². The van der Waals surface area contributed by atoms with Gasteiger partial charge < -0.3 is 14.9 Å². The van der Waals surface area contributed by atoms with Gasteiger partial charge in [0, 0.05) is 0 Å². The summed E-state index contributed by atoms with van der Waals surface area (Å²) in [6.45, 7) is 0. The average molecular weight is 286 g/mol. The second-order valence-electron chi connectivity index (χ2n) is 4.36. The highest BCUT2D eigenvalue weighted by Gasteiger charge is 2.33. The van der Waals surface area contributed by atoms with Crippen molar-refractivity contribution in [2.24, 2.45) is 0 Å². The van der Waals surface area contributed by atoms with Crippen molar-refractivity contribution < 1.29 is 34.1 Å². The zero-order valence-corrected chi connectivity index (χ0v) is 10.2. The number of carboxylic acids is 2. The van der Waals surface area contributed by atoms with Crippen LogP contribution >= 0.6 is 0 Å². The molecule has 7 nitrogen and oxygen atoms in total. The van der Waals surface area contributed by atoms with E-state index in [-0.39, 0.29) is 21.9 Å². The van der Waals surface area contributed by atoms with E-state index in [1.807, 2.05) is 0 Å². The minimum absolute atomic E-state index is 0.0342. The Morgan fingerprint density at radius 2 is 1.52 bits per heavy atom. The van der Waals surface area contributed by atoms with E-state index in [2.05, 4.69) is 4.74 Å². The molecule has 0 radical (unpaired) electrons. The van der Waals surface area contributed by atoms with Crippen molar-refractivity contribution in [2.45, 2.75) is 0 Å². The van der Waals surface area contributed by atoms with Crippen LogP contribution in [0.4, 0.5) is 0 Å². The van der Waals surface area contributed by atoms with Crippen LogP contribution in [-0.2, 0) is 4.74 Å². The first kappa shape index (κ1) is 12.8. The van der Waals surface area contributed by atoms with Crippen LogP contribution in [0.5, 0.6) is 0 Å². The molecule has 0 unspecified atom stereocenters. The van der Waals surface area contributed by atoms with Crippen molar-refractivity contribution in [3.63, 3.8) is 0 Å².